The normalized spacial score (nSPS) is 10.7. The SMILES string of the molecule is O=C(Oc1ccc(Br)cc1/C=N/NC(=O)c1ccccc1I)c1ccc(Cl)cc1. The van der Waals surface area contributed by atoms with E-state index in [1.165, 1.54) is 6.21 Å². The van der Waals surface area contributed by atoms with Crippen LogP contribution in [0.1, 0.15) is 26.3 Å². The Kier molecular flexibility index (Phi) is 7.40. The molecule has 0 spiro atoms. The summed E-state index contributed by atoms with van der Waals surface area (Å²) in [7, 11) is 0. The summed E-state index contributed by atoms with van der Waals surface area (Å²) in [5.41, 5.74) is 3.89. The fraction of sp³-hybridized carbons (Fsp3) is 0. The average molecular weight is 584 g/mol. The lowest BCUT2D eigenvalue weighted by molar-refractivity contribution is 0.0734. The van der Waals surface area contributed by atoms with E-state index >= 15 is 0 Å². The predicted octanol–water partition coefficient (Wildman–Crippen LogP) is 5.69. The zero-order valence-corrected chi connectivity index (χ0v) is 19.2. The highest BCUT2D eigenvalue weighted by atomic mass is 127. The second-order valence-corrected chi connectivity index (χ2v) is 8.27. The van der Waals surface area contributed by atoms with E-state index in [0.29, 0.717) is 27.5 Å². The van der Waals surface area contributed by atoms with Crippen LogP contribution >= 0.6 is 50.1 Å². The third-order valence-corrected chi connectivity index (χ3v) is 5.43. The van der Waals surface area contributed by atoms with E-state index in [0.717, 1.165) is 8.04 Å². The molecule has 0 aliphatic heterocycles. The maximum Gasteiger partial charge on any atom is 0.343 e. The van der Waals surface area contributed by atoms with Crippen LogP contribution < -0.4 is 10.2 Å². The number of benzene rings is 3. The zero-order chi connectivity index (χ0) is 20.8. The van der Waals surface area contributed by atoms with Crippen molar-refractivity contribution in [1.29, 1.82) is 0 Å². The Bertz CT molecular complexity index is 1090. The van der Waals surface area contributed by atoms with Gasteiger partial charge in [0.25, 0.3) is 5.91 Å². The Morgan fingerprint density at radius 1 is 1.07 bits per heavy atom. The highest BCUT2D eigenvalue weighted by Gasteiger charge is 2.12. The van der Waals surface area contributed by atoms with Gasteiger partial charge in [-0.05, 0) is 77.2 Å². The summed E-state index contributed by atoms with van der Waals surface area (Å²) in [5.74, 6) is -0.553. The number of nitrogens with one attached hydrogen (secondary N) is 1. The first kappa shape index (κ1) is 21.5. The summed E-state index contributed by atoms with van der Waals surface area (Å²) in [6.45, 7) is 0. The quantitative estimate of drug-likeness (QED) is 0.138. The van der Waals surface area contributed by atoms with Crippen LogP contribution in [0.3, 0.4) is 0 Å². The maximum atomic E-state index is 12.4. The number of esters is 1. The van der Waals surface area contributed by atoms with Crippen LogP contribution in [0, 0.1) is 3.57 Å². The number of halogens is 3. The first-order valence-electron chi connectivity index (χ1n) is 8.29. The third-order valence-electron chi connectivity index (χ3n) is 3.74. The lowest BCUT2D eigenvalue weighted by atomic mass is 10.2. The van der Waals surface area contributed by atoms with Crippen molar-refractivity contribution in [1.82, 2.24) is 5.43 Å². The van der Waals surface area contributed by atoms with Crippen LogP contribution in [-0.4, -0.2) is 18.1 Å². The zero-order valence-electron chi connectivity index (χ0n) is 14.7. The lowest BCUT2D eigenvalue weighted by Gasteiger charge is -2.08. The molecule has 0 fully saturated rings. The molecule has 0 bridgehead atoms. The van der Waals surface area contributed by atoms with Gasteiger partial charge >= 0.3 is 5.97 Å². The van der Waals surface area contributed by atoms with Crippen molar-refractivity contribution < 1.29 is 14.3 Å². The van der Waals surface area contributed by atoms with Gasteiger partial charge in [0.05, 0.1) is 17.3 Å². The van der Waals surface area contributed by atoms with Crippen molar-refractivity contribution in [2.24, 2.45) is 5.10 Å². The van der Waals surface area contributed by atoms with Gasteiger partial charge in [0, 0.05) is 18.6 Å². The van der Waals surface area contributed by atoms with Gasteiger partial charge in [-0.25, -0.2) is 10.2 Å². The minimum absolute atomic E-state index is 0.306. The van der Waals surface area contributed by atoms with Crippen LogP contribution in [0.15, 0.2) is 76.3 Å². The maximum absolute atomic E-state index is 12.4. The first-order valence-corrected chi connectivity index (χ1v) is 10.5. The topological polar surface area (TPSA) is 67.8 Å². The molecule has 1 amide bonds. The first-order chi connectivity index (χ1) is 13.9. The summed E-state index contributed by atoms with van der Waals surface area (Å²) in [6, 6.07) is 18.7. The molecule has 0 aliphatic rings. The number of hydrogen-bond acceptors (Lipinski definition) is 4. The molecule has 3 rings (SSSR count). The standard InChI is InChI=1S/C21H13BrClIN2O3/c22-15-7-10-19(29-21(28)13-5-8-16(23)9-6-13)14(11-15)12-25-26-20(27)17-3-1-2-4-18(17)24/h1-12H,(H,26,27)/b25-12+. The van der Waals surface area contributed by atoms with Crippen molar-refractivity contribution in [3.05, 3.63) is 96.5 Å². The second kappa shape index (κ2) is 10.00. The highest BCUT2D eigenvalue weighted by molar-refractivity contribution is 14.1. The molecule has 146 valence electrons. The third kappa shape index (κ3) is 5.88. The van der Waals surface area contributed by atoms with E-state index in [1.54, 1.807) is 54.6 Å². The van der Waals surface area contributed by atoms with E-state index in [4.69, 9.17) is 16.3 Å². The summed E-state index contributed by atoms with van der Waals surface area (Å²) >= 11 is 11.3. The van der Waals surface area contributed by atoms with Crippen LogP contribution in [0.2, 0.25) is 5.02 Å². The summed E-state index contributed by atoms with van der Waals surface area (Å²) in [4.78, 5) is 24.6. The Morgan fingerprint density at radius 2 is 1.79 bits per heavy atom. The van der Waals surface area contributed by atoms with Gasteiger partial charge in [-0.2, -0.15) is 5.10 Å². The molecule has 5 nitrogen and oxygen atoms in total. The molecular formula is C21H13BrClIN2O3. The molecule has 29 heavy (non-hydrogen) atoms. The molecule has 0 saturated carbocycles. The van der Waals surface area contributed by atoms with Crippen molar-refractivity contribution in [3.63, 3.8) is 0 Å². The smallest absolute Gasteiger partial charge is 0.343 e. The van der Waals surface area contributed by atoms with Crippen LogP contribution in [0.5, 0.6) is 5.75 Å². The Hall–Kier alpha value is -2.23. The van der Waals surface area contributed by atoms with Gasteiger partial charge in [0.2, 0.25) is 0 Å². The van der Waals surface area contributed by atoms with E-state index in [1.807, 2.05) is 12.1 Å². The van der Waals surface area contributed by atoms with Crippen molar-refractivity contribution in [3.8, 4) is 5.75 Å². The van der Waals surface area contributed by atoms with Crippen molar-refractivity contribution >= 4 is 68.2 Å². The Balaban J connectivity index is 1.75. The van der Waals surface area contributed by atoms with E-state index in [9.17, 15) is 9.59 Å². The molecule has 3 aromatic rings. The fourth-order valence-corrected chi connectivity index (χ4v) is 3.46. The Labute approximate surface area is 194 Å². The molecule has 0 aromatic heterocycles. The monoisotopic (exact) mass is 582 g/mol. The van der Waals surface area contributed by atoms with Crippen LogP contribution in [-0.2, 0) is 0 Å². The van der Waals surface area contributed by atoms with Crippen molar-refractivity contribution in [2.45, 2.75) is 0 Å². The van der Waals surface area contributed by atoms with Gasteiger partial charge in [0.1, 0.15) is 5.75 Å². The number of nitrogens with zero attached hydrogens (tertiary/aromatic N) is 1. The largest absolute Gasteiger partial charge is 0.422 e. The molecule has 3 aromatic carbocycles. The Morgan fingerprint density at radius 3 is 2.52 bits per heavy atom. The number of hydrazone groups is 1. The predicted molar refractivity (Wildman–Crippen MR) is 125 cm³/mol. The average Bonchev–Trinajstić information content (AvgIpc) is 2.70. The number of amides is 1. The highest BCUT2D eigenvalue weighted by Crippen LogP contribution is 2.23. The van der Waals surface area contributed by atoms with E-state index < -0.39 is 5.97 Å². The molecule has 0 saturated heterocycles. The minimum Gasteiger partial charge on any atom is -0.422 e. The summed E-state index contributed by atoms with van der Waals surface area (Å²) in [6.07, 6.45) is 1.42. The van der Waals surface area contributed by atoms with Gasteiger partial charge < -0.3 is 4.74 Å². The molecule has 8 heteroatoms. The lowest BCUT2D eigenvalue weighted by Crippen LogP contribution is -2.18. The van der Waals surface area contributed by atoms with Gasteiger partial charge in [-0.3, -0.25) is 4.79 Å². The molecule has 0 radical (unpaired) electrons. The van der Waals surface area contributed by atoms with E-state index in [2.05, 4.69) is 49.0 Å². The number of carbonyl (C=O) groups excluding carboxylic acids is 2. The molecule has 0 unspecified atom stereocenters. The molecule has 0 aliphatic carbocycles. The van der Waals surface area contributed by atoms with Crippen LogP contribution in [0.4, 0.5) is 0 Å². The van der Waals surface area contributed by atoms with Gasteiger partial charge in [-0.15, -0.1) is 0 Å². The number of hydrogen-bond donors (Lipinski definition) is 1. The van der Waals surface area contributed by atoms with Crippen molar-refractivity contribution in [2.75, 3.05) is 0 Å². The fourth-order valence-electron chi connectivity index (χ4n) is 2.32. The molecule has 1 N–H and O–H groups in total. The number of carbonyl (C=O) groups is 2. The second-order valence-electron chi connectivity index (χ2n) is 5.76. The van der Waals surface area contributed by atoms with E-state index in [-0.39, 0.29) is 5.91 Å². The van der Waals surface area contributed by atoms with Crippen LogP contribution in [0.25, 0.3) is 0 Å². The molecule has 0 atom stereocenters. The number of ether oxygens (including phenoxy) is 1. The van der Waals surface area contributed by atoms with Gasteiger partial charge in [-0.1, -0.05) is 39.7 Å². The minimum atomic E-state index is -0.526. The summed E-state index contributed by atoms with van der Waals surface area (Å²) in [5, 5.41) is 4.52. The molecular weight excluding hydrogens is 571 g/mol. The summed E-state index contributed by atoms with van der Waals surface area (Å²) < 4.78 is 7.07. The van der Waals surface area contributed by atoms with Gasteiger partial charge in [0.15, 0.2) is 0 Å². The molecule has 0 heterocycles. The number of rotatable bonds is 5.